The number of hydrogen-bond donors (Lipinski definition) is 7. The van der Waals surface area contributed by atoms with Crippen molar-refractivity contribution < 1.29 is 44.1 Å². The Kier molecular flexibility index (Phi) is 11.9. The van der Waals surface area contributed by atoms with Crippen LogP contribution in [0.25, 0.3) is 11.1 Å². The van der Waals surface area contributed by atoms with Crippen molar-refractivity contribution in [3.05, 3.63) is 88.0 Å². The smallest absolute Gasteiger partial charge is 0.200 e. The number of aliphatic hydroxyl groups is 3. The number of fused-ring (bicyclic) bond motifs is 2. The van der Waals surface area contributed by atoms with Crippen molar-refractivity contribution in [3.63, 3.8) is 0 Å². The zero-order valence-corrected chi connectivity index (χ0v) is 33.7. The third-order valence-electron chi connectivity index (χ3n) is 12.8. The molecule has 4 aromatic rings. The second kappa shape index (κ2) is 17.2. The Bertz CT molecular complexity index is 2090. The zero-order valence-electron chi connectivity index (χ0n) is 33.7. The van der Waals surface area contributed by atoms with Crippen LogP contribution in [0.5, 0.6) is 34.5 Å². The summed E-state index contributed by atoms with van der Waals surface area (Å²) in [6.45, 7) is 4.41. The number of hydrogen-bond acceptors (Lipinski definition) is 12. The van der Waals surface area contributed by atoms with Crippen LogP contribution in [0.4, 0.5) is 5.69 Å². The SMILES string of the molecule is CCNCOc1cc(OCCNC)c2c3c1C(O)Nc1cc4c(c(c1-3)CC2)C(O)C(c1cc(OC)c(O)c(OCC(CO)C2(c3ccccc3)CCCCC2)c1)CO4. The summed E-state index contributed by atoms with van der Waals surface area (Å²) in [7, 11) is 3.38. The standard InChI is InChI=1S/C46H57N3O9/c1-4-48-26-58-36-22-34(55-18-17-47-2)30-13-14-31-39-33(49-45(53)42(36)41(30)39)21-35-40(31)43(51)32(25-57-35)27-19-37(54-3)44(52)38(20-27)56-24-29(23-50)46(15-9-6-10-16-46)28-11-7-5-8-12-28/h5,7-8,11-12,19-22,29,32,43,45,47-53H,4,6,9-10,13-18,23-26H2,1-3H3. The van der Waals surface area contributed by atoms with E-state index in [0.29, 0.717) is 59.9 Å². The van der Waals surface area contributed by atoms with Crippen molar-refractivity contribution >= 4 is 5.69 Å². The molecule has 12 heteroatoms. The van der Waals surface area contributed by atoms with Crippen LogP contribution in [0.2, 0.25) is 0 Å². The Morgan fingerprint density at radius 2 is 1.67 bits per heavy atom. The van der Waals surface area contributed by atoms with E-state index >= 15 is 0 Å². The average molecular weight is 796 g/mol. The van der Waals surface area contributed by atoms with Crippen molar-refractivity contribution in [1.29, 1.82) is 0 Å². The van der Waals surface area contributed by atoms with E-state index in [-0.39, 0.29) is 55.1 Å². The molecule has 0 amide bonds. The van der Waals surface area contributed by atoms with Gasteiger partial charge in [-0.3, -0.25) is 5.32 Å². The lowest BCUT2D eigenvalue weighted by Crippen LogP contribution is -2.42. The first-order valence-corrected chi connectivity index (χ1v) is 20.8. The molecule has 4 unspecified atom stereocenters. The first kappa shape index (κ1) is 40.1. The molecule has 1 fully saturated rings. The van der Waals surface area contributed by atoms with Crippen molar-refractivity contribution in [2.24, 2.45) is 5.92 Å². The molecule has 0 spiro atoms. The summed E-state index contributed by atoms with van der Waals surface area (Å²) >= 11 is 0. The van der Waals surface area contributed by atoms with E-state index in [1.165, 1.54) is 12.7 Å². The number of aliphatic hydroxyl groups excluding tert-OH is 3. The summed E-state index contributed by atoms with van der Waals surface area (Å²) in [6, 6.07) is 17.7. The minimum Gasteiger partial charge on any atom is -0.502 e. The van der Waals surface area contributed by atoms with Crippen LogP contribution in [-0.2, 0) is 18.3 Å². The number of anilines is 1. The average Bonchev–Trinajstić information content (AvgIpc) is 3.24. The number of phenolic OH excluding ortho intramolecular Hbond substituents is 1. The van der Waals surface area contributed by atoms with Gasteiger partial charge in [-0.15, -0.1) is 0 Å². The first-order chi connectivity index (χ1) is 28.3. The molecule has 4 aromatic carbocycles. The van der Waals surface area contributed by atoms with Crippen LogP contribution in [0, 0.1) is 5.92 Å². The molecule has 2 aliphatic carbocycles. The lowest BCUT2D eigenvalue weighted by atomic mass is 9.62. The molecule has 2 aliphatic heterocycles. The van der Waals surface area contributed by atoms with Gasteiger partial charge in [0.15, 0.2) is 17.7 Å². The third-order valence-corrected chi connectivity index (χ3v) is 12.8. The summed E-state index contributed by atoms with van der Waals surface area (Å²) in [4.78, 5) is 0. The van der Waals surface area contributed by atoms with E-state index in [9.17, 15) is 20.4 Å². The van der Waals surface area contributed by atoms with Gasteiger partial charge in [0.25, 0.3) is 0 Å². The number of nitrogens with one attached hydrogen (secondary N) is 3. The second-order valence-corrected chi connectivity index (χ2v) is 15.9. The monoisotopic (exact) mass is 795 g/mol. The molecule has 4 aliphatic rings. The van der Waals surface area contributed by atoms with Gasteiger partial charge in [-0.05, 0) is 68.1 Å². The minimum absolute atomic E-state index is 0.0604. The Morgan fingerprint density at radius 3 is 2.41 bits per heavy atom. The van der Waals surface area contributed by atoms with Gasteiger partial charge < -0.3 is 54.7 Å². The molecule has 1 saturated carbocycles. The van der Waals surface area contributed by atoms with Crippen LogP contribution >= 0.6 is 0 Å². The van der Waals surface area contributed by atoms with Crippen LogP contribution in [0.1, 0.15) is 90.7 Å². The summed E-state index contributed by atoms with van der Waals surface area (Å²) < 4.78 is 31.1. The van der Waals surface area contributed by atoms with E-state index in [1.807, 2.05) is 32.2 Å². The molecular formula is C46H57N3O9. The largest absolute Gasteiger partial charge is 0.502 e. The summed E-state index contributed by atoms with van der Waals surface area (Å²) in [5, 5.41) is 55.8. The summed E-state index contributed by atoms with van der Waals surface area (Å²) in [5.74, 6) is 1.37. The maximum atomic E-state index is 12.4. The van der Waals surface area contributed by atoms with Crippen molar-refractivity contribution in [1.82, 2.24) is 10.6 Å². The fourth-order valence-electron chi connectivity index (χ4n) is 9.83. The van der Waals surface area contributed by atoms with E-state index in [0.717, 1.165) is 66.6 Å². The maximum absolute atomic E-state index is 12.4. The number of benzene rings is 4. The van der Waals surface area contributed by atoms with Crippen LogP contribution in [0.15, 0.2) is 54.6 Å². The number of likely N-dealkylation sites (N-methyl/N-ethyl adjacent to an activating group) is 1. The van der Waals surface area contributed by atoms with Crippen molar-refractivity contribution in [2.75, 3.05) is 65.7 Å². The molecular weight excluding hydrogens is 739 g/mol. The number of rotatable bonds is 16. The molecule has 0 bridgehead atoms. The minimum atomic E-state index is -1.04. The lowest BCUT2D eigenvalue weighted by molar-refractivity contribution is 0.0702. The predicted molar refractivity (Wildman–Crippen MR) is 222 cm³/mol. The number of methoxy groups -OCH3 is 1. The zero-order chi connectivity index (χ0) is 40.4. The fraction of sp³-hybridized carbons (Fsp3) is 0.478. The highest BCUT2D eigenvalue weighted by molar-refractivity contribution is 5.93. The molecule has 0 aromatic heterocycles. The lowest BCUT2D eigenvalue weighted by Gasteiger charge is -2.43. The highest BCUT2D eigenvalue weighted by Crippen LogP contribution is 2.57. The van der Waals surface area contributed by atoms with Gasteiger partial charge in [0, 0.05) is 70.5 Å². The van der Waals surface area contributed by atoms with Gasteiger partial charge in [0.1, 0.15) is 30.6 Å². The Morgan fingerprint density at radius 1 is 0.897 bits per heavy atom. The van der Waals surface area contributed by atoms with Crippen LogP contribution < -0.4 is 39.6 Å². The van der Waals surface area contributed by atoms with Crippen LogP contribution in [0.3, 0.4) is 0 Å². The van der Waals surface area contributed by atoms with E-state index in [1.54, 1.807) is 12.1 Å². The van der Waals surface area contributed by atoms with Gasteiger partial charge in [-0.25, -0.2) is 0 Å². The second-order valence-electron chi connectivity index (χ2n) is 15.9. The molecule has 0 saturated heterocycles. The van der Waals surface area contributed by atoms with E-state index in [2.05, 4.69) is 40.2 Å². The van der Waals surface area contributed by atoms with Gasteiger partial charge in [0.2, 0.25) is 5.75 Å². The van der Waals surface area contributed by atoms with Crippen molar-refractivity contribution in [2.45, 2.75) is 75.5 Å². The molecule has 58 heavy (non-hydrogen) atoms. The quantitative estimate of drug-likeness (QED) is 0.0507. The third kappa shape index (κ3) is 7.19. The topological polar surface area (TPSA) is 163 Å². The number of aromatic hydroxyl groups is 1. The molecule has 8 rings (SSSR count). The maximum Gasteiger partial charge on any atom is 0.200 e. The van der Waals surface area contributed by atoms with E-state index in [4.69, 9.17) is 23.7 Å². The molecule has 310 valence electrons. The normalized spacial score (nSPS) is 20.5. The highest BCUT2D eigenvalue weighted by Gasteiger charge is 2.43. The van der Waals surface area contributed by atoms with Crippen LogP contribution in [-0.4, -0.2) is 80.8 Å². The van der Waals surface area contributed by atoms with E-state index < -0.39 is 18.2 Å². The van der Waals surface area contributed by atoms with Gasteiger partial charge in [-0.2, -0.15) is 0 Å². The number of ether oxygens (including phenoxy) is 5. The fourth-order valence-corrected chi connectivity index (χ4v) is 9.83. The van der Waals surface area contributed by atoms with Gasteiger partial charge in [0.05, 0.1) is 32.0 Å². The number of phenols is 1. The Balaban J connectivity index is 1.14. The molecule has 4 atom stereocenters. The molecule has 2 heterocycles. The Labute approximate surface area is 340 Å². The summed E-state index contributed by atoms with van der Waals surface area (Å²) in [6.07, 6.45) is 4.44. The Hall–Kier alpha value is -4.72. The summed E-state index contributed by atoms with van der Waals surface area (Å²) in [5.41, 5.74) is 7.39. The van der Waals surface area contributed by atoms with Gasteiger partial charge >= 0.3 is 0 Å². The molecule has 12 nitrogen and oxygen atoms in total. The highest BCUT2D eigenvalue weighted by atomic mass is 16.5. The van der Waals surface area contributed by atoms with Crippen molar-refractivity contribution in [3.8, 4) is 45.6 Å². The molecule has 7 N–H and O–H groups in total. The first-order valence-electron chi connectivity index (χ1n) is 20.8. The van der Waals surface area contributed by atoms with Gasteiger partial charge in [-0.1, -0.05) is 56.5 Å². The molecule has 0 radical (unpaired) electrons. The predicted octanol–water partition coefficient (Wildman–Crippen LogP) is 6.23.